The molecule has 2 aromatic carbocycles. The Morgan fingerprint density at radius 2 is 2.07 bits per heavy atom. The van der Waals surface area contributed by atoms with Crippen LogP contribution in [-0.2, 0) is 13.0 Å². The van der Waals surface area contributed by atoms with Crippen molar-refractivity contribution in [3.8, 4) is 17.0 Å². The van der Waals surface area contributed by atoms with Gasteiger partial charge in [0.2, 0.25) is 0 Å². The van der Waals surface area contributed by atoms with Crippen LogP contribution in [0.1, 0.15) is 33.5 Å². The Balaban J connectivity index is 1.45. The van der Waals surface area contributed by atoms with Crippen LogP contribution < -0.4 is 10.1 Å². The van der Waals surface area contributed by atoms with Gasteiger partial charge in [-0.2, -0.15) is 5.10 Å². The smallest absolute Gasteiger partial charge is 0.335 e. The number of carboxylic acid groups (broad SMARTS) is 1. The largest absolute Gasteiger partial charge is 0.493 e. The zero-order valence-electron chi connectivity index (χ0n) is 17.2. The maximum Gasteiger partial charge on any atom is 0.335 e. The van der Waals surface area contributed by atoms with Gasteiger partial charge in [-0.3, -0.25) is 5.10 Å². The molecule has 7 heteroatoms. The van der Waals surface area contributed by atoms with Gasteiger partial charge in [-0.05, 0) is 44.3 Å². The number of H-pyrrole nitrogens is 1. The van der Waals surface area contributed by atoms with Crippen LogP contribution in [0, 0.1) is 0 Å². The number of carbonyl (C=O) groups is 1. The molecule has 30 heavy (non-hydrogen) atoms. The van der Waals surface area contributed by atoms with Crippen molar-refractivity contribution in [2.45, 2.75) is 19.4 Å². The molecule has 0 bridgehead atoms. The lowest BCUT2D eigenvalue weighted by Crippen LogP contribution is -2.15. The lowest BCUT2D eigenvalue weighted by Gasteiger charge is -2.13. The van der Waals surface area contributed by atoms with E-state index in [0.717, 1.165) is 53.3 Å². The van der Waals surface area contributed by atoms with Crippen LogP contribution >= 0.6 is 0 Å². The number of anilines is 1. The maximum atomic E-state index is 11.2. The molecule has 0 fully saturated rings. The standard InChI is InChI=1S/C23H26N4O3/c1-27(2)10-5-11-30-20-9-4-8-17-18(20)13-19-21(17)25-26-22(19)24-14-15-6-3-7-16(12-15)23(28)29/h3-4,6-9,12H,5,10-11,13-14H2,1-2H3,(H,28,29)(H2,24,25,26). The van der Waals surface area contributed by atoms with Crippen molar-refractivity contribution >= 4 is 11.8 Å². The van der Waals surface area contributed by atoms with E-state index in [4.69, 9.17) is 9.84 Å². The molecular weight excluding hydrogens is 380 g/mol. The summed E-state index contributed by atoms with van der Waals surface area (Å²) in [4.78, 5) is 13.3. The van der Waals surface area contributed by atoms with Crippen LogP contribution in [0.15, 0.2) is 42.5 Å². The van der Waals surface area contributed by atoms with Gasteiger partial charge in [0.05, 0.1) is 17.9 Å². The summed E-state index contributed by atoms with van der Waals surface area (Å²) in [6, 6.07) is 13.1. The molecule has 0 aliphatic heterocycles. The number of nitrogens with zero attached hydrogens (tertiary/aromatic N) is 2. The summed E-state index contributed by atoms with van der Waals surface area (Å²) >= 11 is 0. The molecule has 4 rings (SSSR count). The van der Waals surface area contributed by atoms with E-state index in [-0.39, 0.29) is 5.56 Å². The van der Waals surface area contributed by atoms with Gasteiger partial charge in [0.1, 0.15) is 5.75 Å². The van der Waals surface area contributed by atoms with Crippen molar-refractivity contribution in [3.05, 3.63) is 64.7 Å². The molecule has 3 N–H and O–H groups in total. The number of fused-ring (bicyclic) bond motifs is 3. The number of benzene rings is 2. The number of aromatic nitrogens is 2. The maximum absolute atomic E-state index is 11.2. The number of rotatable bonds is 9. The summed E-state index contributed by atoms with van der Waals surface area (Å²) in [7, 11) is 4.12. The van der Waals surface area contributed by atoms with Crippen LogP contribution in [0.25, 0.3) is 11.3 Å². The molecule has 0 unspecified atom stereocenters. The van der Waals surface area contributed by atoms with E-state index in [1.165, 1.54) is 5.56 Å². The van der Waals surface area contributed by atoms with Crippen molar-refractivity contribution in [2.24, 2.45) is 0 Å². The van der Waals surface area contributed by atoms with Gasteiger partial charge in [0, 0.05) is 36.2 Å². The minimum Gasteiger partial charge on any atom is -0.493 e. The number of ether oxygens (including phenoxy) is 1. The van der Waals surface area contributed by atoms with Gasteiger partial charge in [0.15, 0.2) is 5.82 Å². The topological polar surface area (TPSA) is 90.5 Å². The van der Waals surface area contributed by atoms with E-state index in [0.29, 0.717) is 13.2 Å². The molecule has 0 saturated heterocycles. The van der Waals surface area contributed by atoms with Gasteiger partial charge in [-0.15, -0.1) is 0 Å². The molecule has 0 spiro atoms. The highest BCUT2D eigenvalue weighted by Crippen LogP contribution is 2.42. The summed E-state index contributed by atoms with van der Waals surface area (Å²) in [6.07, 6.45) is 1.73. The minimum absolute atomic E-state index is 0.282. The summed E-state index contributed by atoms with van der Waals surface area (Å²) in [6.45, 7) is 2.18. The second-order valence-electron chi connectivity index (χ2n) is 7.75. The third kappa shape index (κ3) is 4.16. The Labute approximate surface area is 175 Å². The molecule has 0 atom stereocenters. The normalized spacial score (nSPS) is 12.0. The van der Waals surface area contributed by atoms with E-state index in [9.17, 15) is 4.79 Å². The highest BCUT2D eigenvalue weighted by molar-refractivity contribution is 5.87. The first-order valence-corrected chi connectivity index (χ1v) is 10.1. The second kappa shape index (κ2) is 8.59. The summed E-state index contributed by atoms with van der Waals surface area (Å²) in [5.74, 6) is 0.794. The Morgan fingerprint density at radius 3 is 2.87 bits per heavy atom. The van der Waals surface area contributed by atoms with Gasteiger partial charge in [0.25, 0.3) is 0 Å². The zero-order chi connectivity index (χ0) is 21.1. The Bertz CT molecular complexity index is 1060. The second-order valence-corrected chi connectivity index (χ2v) is 7.75. The first kappa shape index (κ1) is 20.0. The Kier molecular flexibility index (Phi) is 5.72. The van der Waals surface area contributed by atoms with Gasteiger partial charge < -0.3 is 20.1 Å². The van der Waals surface area contributed by atoms with E-state index >= 15 is 0 Å². The molecule has 7 nitrogen and oxygen atoms in total. The van der Waals surface area contributed by atoms with Gasteiger partial charge >= 0.3 is 5.97 Å². The van der Waals surface area contributed by atoms with Gasteiger partial charge in [-0.1, -0.05) is 24.3 Å². The Hall–Kier alpha value is -3.32. The Morgan fingerprint density at radius 1 is 1.23 bits per heavy atom. The first-order chi connectivity index (χ1) is 14.5. The average molecular weight is 406 g/mol. The third-order valence-electron chi connectivity index (χ3n) is 5.26. The summed E-state index contributed by atoms with van der Waals surface area (Å²) < 4.78 is 6.07. The number of aromatic carboxylic acids is 1. The molecule has 0 saturated carbocycles. The van der Waals surface area contributed by atoms with E-state index in [1.807, 2.05) is 18.2 Å². The fourth-order valence-electron chi connectivity index (χ4n) is 3.76. The van der Waals surface area contributed by atoms with Crippen molar-refractivity contribution in [1.29, 1.82) is 0 Å². The predicted octanol–water partition coefficient (Wildman–Crippen LogP) is 3.62. The van der Waals surface area contributed by atoms with Crippen molar-refractivity contribution in [2.75, 3.05) is 32.6 Å². The first-order valence-electron chi connectivity index (χ1n) is 10.1. The minimum atomic E-state index is -0.925. The van der Waals surface area contributed by atoms with Gasteiger partial charge in [-0.25, -0.2) is 4.79 Å². The predicted molar refractivity (Wildman–Crippen MR) is 116 cm³/mol. The number of hydrogen-bond donors (Lipinski definition) is 3. The third-order valence-corrected chi connectivity index (χ3v) is 5.26. The highest BCUT2D eigenvalue weighted by atomic mass is 16.5. The van der Waals surface area contributed by atoms with Crippen LogP contribution in [0.3, 0.4) is 0 Å². The summed E-state index contributed by atoms with van der Waals surface area (Å²) in [5, 5.41) is 20.1. The zero-order valence-corrected chi connectivity index (χ0v) is 17.2. The lowest BCUT2D eigenvalue weighted by molar-refractivity contribution is 0.0696. The molecule has 0 amide bonds. The van der Waals surface area contributed by atoms with E-state index in [2.05, 4.69) is 40.6 Å². The van der Waals surface area contributed by atoms with Crippen LogP contribution in [0.4, 0.5) is 5.82 Å². The van der Waals surface area contributed by atoms with E-state index in [1.54, 1.807) is 18.2 Å². The average Bonchev–Trinajstić information content (AvgIpc) is 3.29. The molecule has 0 radical (unpaired) electrons. The molecule has 3 aromatic rings. The fourth-order valence-corrected chi connectivity index (χ4v) is 3.76. The number of hydrogen-bond acceptors (Lipinski definition) is 5. The SMILES string of the molecule is CN(C)CCCOc1cccc2c1Cc1c(NCc3cccc(C(=O)O)c3)n[nH]c1-2. The molecule has 1 aromatic heterocycles. The number of nitrogens with one attached hydrogen (secondary N) is 2. The highest BCUT2D eigenvalue weighted by Gasteiger charge is 2.27. The molecule has 1 aliphatic carbocycles. The molecule has 1 heterocycles. The molecule has 1 aliphatic rings. The number of aromatic amines is 1. The molecular formula is C23H26N4O3. The molecule has 156 valence electrons. The van der Waals surface area contributed by atoms with E-state index < -0.39 is 5.97 Å². The fraction of sp³-hybridized carbons (Fsp3) is 0.304. The van der Waals surface area contributed by atoms with Crippen LogP contribution in [0.5, 0.6) is 5.75 Å². The summed E-state index contributed by atoms with van der Waals surface area (Å²) in [5.41, 5.74) is 5.62. The quantitative estimate of drug-likeness (QED) is 0.368. The number of carboxylic acids is 1. The van der Waals surface area contributed by atoms with Crippen molar-refractivity contribution in [3.63, 3.8) is 0 Å². The van der Waals surface area contributed by atoms with Crippen molar-refractivity contribution < 1.29 is 14.6 Å². The van der Waals surface area contributed by atoms with Crippen molar-refractivity contribution in [1.82, 2.24) is 15.1 Å². The monoisotopic (exact) mass is 406 g/mol. The van der Waals surface area contributed by atoms with Crippen LogP contribution in [-0.4, -0.2) is 53.4 Å². The lowest BCUT2D eigenvalue weighted by atomic mass is 10.1. The van der Waals surface area contributed by atoms with Crippen LogP contribution in [0.2, 0.25) is 0 Å².